The molecule has 17 heavy (non-hydrogen) atoms. The van der Waals surface area contributed by atoms with Crippen molar-refractivity contribution in [2.75, 3.05) is 20.0 Å². The summed E-state index contributed by atoms with van der Waals surface area (Å²) in [6.45, 7) is 2.56. The zero-order valence-electron chi connectivity index (χ0n) is 9.24. The van der Waals surface area contributed by atoms with Crippen molar-refractivity contribution in [3.05, 3.63) is 0 Å². The van der Waals surface area contributed by atoms with E-state index in [0.717, 1.165) is 20.0 Å². The summed E-state index contributed by atoms with van der Waals surface area (Å²) in [6.07, 6.45) is 0. The molecular weight excluding hydrogens is 320 g/mol. The fraction of sp³-hybridized carbons (Fsp3) is 1.00. The van der Waals surface area contributed by atoms with E-state index in [4.69, 9.17) is 33.9 Å². The van der Waals surface area contributed by atoms with Gasteiger partial charge in [0.25, 0.3) is 0 Å². The van der Waals surface area contributed by atoms with Crippen molar-refractivity contribution in [1.82, 2.24) is 0 Å². The molecule has 1 atom stereocenters. The van der Waals surface area contributed by atoms with E-state index in [1.807, 2.05) is 0 Å². The molecule has 0 aromatic heterocycles. The molecular formula is C3H17O10P4+. The van der Waals surface area contributed by atoms with Crippen LogP contribution in [0.15, 0.2) is 0 Å². The third kappa shape index (κ3) is 11600. The van der Waals surface area contributed by atoms with E-state index in [-0.39, 0.29) is 0 Å². The van der Waals surface area contributed by atoms with Gasteiger partial charge < -0.3 is 29.4 Å². The maximum Gasteiger partial charge on any atom is 0.322 e. The van der Waals surface area contributed by atoms with Crippen molar-refractivity contribution in [3.63, 3.8) is 0 Å². The molecule has 10 nitrogen and oxygen atoms in total. The molecule has 0 aliphatic heterocycles. The molecule has 0 radical (unpaired) electrons. The minimum absolute atomic E-state index is 0.854. The van der Waals surface area contributed by atoms with E-state index >= 15 is 0 Å². The maximum absolute atomic E-state index is 9.33. The van der Waals surface area contributed by atoms with E-state index in [9.17, 15) is 13.7 Å². The molecule has 0 fully saturated rings. The smallest absolute Gasteiger partial charge is 0.322 e. The average molecular weight is 337 g/mol. The molecule has 0 spiro atoms. The predicted molar refractivity (Wildman–Crippen MR) is 64.3 cm³/mol. The van der Waals surface area contributed by atoms with Crippen LogP contribution in [0.3, 0.4) is 0 Å². The highest BCUT2D eigenvalue weighted by molar-refractivity contribution is 7.51. The number of hydrogen-bond donors (Lipinski definition) is 6. The quantitative estimate of drug-likeness (QED) is 0.317. The first-order chi connectivity index (χ1) is 7.00. The highest BCUT2D eigenvalue weighted by atomic mass is 31.2. The summed E-state index contributed by atoms with van der Waals surface area (Å²) in [7, 11) is -9.75. The largest absolute Gasteiger partial charge is 0.325 e. The molecule has 0 bridgehead atoms. The first-order valence-electron chi connectivity index (χ1n) is 3.33. The molecule has 0 amide bonds. The summed E-state index contributed by atoms with van der Waals surface area (Å²) in [5.74, 6) is 0. The molecule has 6 N–H and O–H groups in total. The van der Waals surface area contributed by atoms with Crippen LogP contribution in [0.1, 0.15) is 0 Å². The second-order valence-electron chi connectivity index (χ2n) is 2.51. The monoisotopic (exact) mass is 337 g/mol. The van der Waals surface area contributed by atoms with Gasteiger partial charge in [0.15, 0.2) is 0 Å². The Hall–Kier alpha value is 0.550. The molecule has 0 heterocycles. The van der Waals surface area contributed by atoms with Gasteiger partial charge in [-0.25, -0.2) is 0 Å². The zero-order valence-corrected chi connectivity index (χ0v) is 13.1. The van der Waals surface area contributed by atoms with Crippen molar-refractivity contribution < 1.29 is 47.6 Å². The van der Waals surface area contributed by atoms with Gasteiger partial charge in [0, 0.05) is 20.0 Å². The van der Waals surface area contributed by atoms with Crippen LogP contribution in [-0.4, -0.2) is 49.4 Å². The van der Waals surface area contributed by atoms with Gasteiger partial charge in [-0.3, -0.25) is 13.7 Å². The minimum atomic E-state index is -3.64. The van der Waals surface area contributed by atoms with Gasteiger partial charge in [-0.15, -0.1) is 0 Å². The summed E-state index contributed by atoms with van der Waals surface area (Å²) >= 11 is 0. The minimum Gasteiger partial charge on any atom is -0.325 e. The van der Waals surface area contributed by atoms with Gasteiger partial charge in [-0.2, -0.15) is 0 Å². The Bertz CT molecular complexity index is 222. The Balaban J connectivity index is -0.0000000693. The zero-order chi connectivity index (χ0) is 15.5. The Morgan fingerprint density at radius 2 is 0.588 bits per heavy atom. The van der Waals surface area contributed by atoms with Crippen LogP contribution in [0.4, 0.5) is 0 Å². The van der Waals surface area contributed by atoms with Gasteiger partial charge in [0.1, 0.15) is 0 Å². The van der Waals surface area contributed by atoms with Gasteiger partial charge in [0.2, 0.25) is 0 Å². The third-order valence-corrected chi connectivity index (χ3v) is 0. The number of rotatable bonds is 0. The predicted octanol–water partition coefficient (Wildman–Crippen LogP) is -0.411. The average Bonchev–Trinajstić information content (AvgIpc) is 1.77. The van der Waals surface area contributed by atoms with Crippen LogP contribution in [0.25, 0.3) is 0 Å². The van der Waals surface area contributed by atoms with E-state index in [1.54, 1.807) is 0 Å². The van der Waals surface area contributed by atoms with Crippen LogP contribution in [0, 0.1) is 0 Å². The topological polar surface area (TPSA) is 190 Å². The highest BCUT2D eigenvalue weighted by Gasteiger charge is 1.96. The Morgan fingerprint density at radius 3 is 0.588 bits per heavy atom. The summed E-state index contributed by atoms with van der Waals surface area (Å²) in [6, 6.07) is 0. The van der Waals surface area contributed by atoms with E-state index in [1.165, 1.54) is 9.12 Å². The molecule has 0 aliphatic carbocycles. The van der Waals surface area contributed by atoms with Crippen LogP contribution >= 0.6 is 31.9 Å². The normalized spacial score (nSPS) is 10.6. The molecule has 0 saturated heterocycles. The summed E-state index contributed by atoms with van der Waals surface area (Å²) in [4.78, 5) is 45.8. The number of hydrogen-bond acceptors (Lipinski definition) is 4. The fourth-order valence-electron chi connectivity index (χ4n) is 0. The standard InChI is InChI=1S/3CH5O3P.H2OP/c3*1-5(2,3)4;1-2/h3*1H3,(H2,2,3,4);2H2/q;;;+1. The van der Waals surface area contributed by atoms with Gasteiger partial charge in [-0.1, -0.05) is 4.57 Å². The molecule has 1 unspecified atom stereocenters. The van der Waals surface area contributed by atoms with E-state index in [0.29, 0.717) is 0 Å². The maximum atomic E-state index is 9.33. The molecule has 0 aliphatic rings. The lowest BCUT2D eigenvalue weighted by Crippen LogP contribution is -1.64. The summed E-state index contributed by atoms with van der Waals surface area (Å²) in [5.41, 5.74) is 0. The van der Waals surface area contributed by atoms with Crippen molar-refractivity contribution >= 4 is 31.9 Å². The van der Waals surface area contributed by atoms with Crippen molar-refractivity contribution in [3.8, 4) is 0 Å². The fourth-order valence-corrected chi connectivity index (χ4v) is 0. The van der Waals surface area contributed by atoms with Crippen LogP contribution in [0.5, 0.6) is 0 Å². The molecule has 0 saturated carbocycles. The molecule has 0 aromatic rings. The third-order valence-electron chi connectivity index (χ3n) is 0. The summed E-state index contributed by atoms with van der Waals surface area (Å²) in [5, 5.41) is 0. The van der Waals surface area contributed by atoms with E-state index < -0.39 is 22.8 Å². The Kier molecular flexibility index (Phi) is 17.9. The second kappa shape index (κ2) is 11.6. The van der Waals surface area contributed by atoms with Crippen molar-refractivity contribution in [2.45, 2.75) is 0 Å². The first-order valence-corrected chi connectivity index (χ1v) is 9.98. The molecule has 14 heteroatoms. The highest BCUT2D eigenvalue weighted by Crippen LogP contribution is 2.27. The second-order valence-corrected chi connectivity index (χ2v) is 7.52. The lowest BCUT2D eigenvalue weighted by Gasteiger charge is -1.84. The SMILES string of the molecule is CP(=O)(O)O.CP(=O)(O)O.CP(=O)(O)O.O=[PH2+]. The van der Waals surface area contributed by atoms with Crippen LogP contribution < -0.4 is 0 Å². The van der Waals surface area contributed by atoms with Crippen LogP contribution in [0.2, 0.25) is 0 Å². The van der Waals surface area contributed by atoms with Gasteiger partial charge >= 0.3 is 31.9 Å². The lowest BCUT2D eigenvalue weighted by molar-refractivity contribution is 0.379. The molecule has 108 valence electrons. The van der Waals surface area contributed by atoms with Gasteiger partial charge in [0.05, 0.1) is 0 Å². The van der Waals surface area contributed by atoms with Crippen molar-refractivity contribution in [1.29, 1.82) is 0 Å². The molecule has 0 rings (SSSR count). The van der Waals surface area contributed by atoms with E-state index in [2.05, 4.69) is 0 Å². The van der Waals surface area contributed by atoms with Crippen LogP contribution in [-0.2, 0) is 18.3 Å². The first kappa shape index (κ1) is 26.2. The lowest BCUT2D eigenvalue weighted by atomic mass is 12.0. The Labute approximate surface area is 100 Å². The summed E-state index contributed by atoms with van der Waals surface area (Å²) < 4.78 is 36.1. The van der Waals surface area contributed by atoms with Gasteiger partial charge in [-0.05, 0) is 0 Å². The Morgan fingerprint density at radius 1 is 0.588 bits per heavy atom. The molecule has 0 aromatic carbocycles. The van der Waals surface area contributed by atoms with Crippen molar-refractivity contribution in [2.24, 2.45) is 0 Å².